The number of nitrogens with one attached hydrogen (secondary N) is 2. The van der Waals surface area contributed by atoms with Crippen LogP contribution in [0.5, 0.6) is 0 Å². The van der Waals surface area contributed by atoms with Crippen LogP contribution in [0.3, 0.4) is 0 Å². The van der Waals surface area contributed by atoms with Gasteiger partial charge in [0.1, 0.15) is 5.54 Å². The zero-order chi connectivity index (χ0) is 15.3. The maximum absolute atomic E-state index is 11.9. The first-order valence-electron chi connectivity index (χ1n) is 6.37. The van der Waals surface area contributed by atoms with Gasteiger partial charge in [0, 0.05) is 0 Å². The highest BCUT2D eigenvalue weighted by Gasteiger charge is 2.33. The Balaban J connectivity index is 2.78. The van der Waals surface area contributed by atoms with Gasteiger partial charge in [-0.25, -0.2) is 9.59 Å². The fraction of sp³-hybridized carbons (Fsp3) is 0.429. The first kappa shape index (κ1) is 16.3. The summed E-state index contributed by atoms with van der Waals surface area (Å²) in [7, 11) is 0. The van der Waals surface area contributed by atoms with Crippen molar-refractivity contribution in [1.82, 2.24) is 5.32 Å². The molecule has 1 aromatic rings. The highest BCUT2D eigenvalue weighted by atomic mass is 35.5. The third-order valence-corrected chi connectivity index (χ3v) is 3.30. The van der Waals surface area contributed by atoms with E-state index in [2.05, 4.69) is 10.6 Å². The monoisotopic (exact) mass is 298 g/mol. The summed E-state index contributed by atoms with van der Waals surface area (Å²) in [5, 5.41) is 14.6. The number of aryl methyl sites for hydroxylation is 1. The van der Waals surface area contributed by atoms with Crippen LogP contribution >= 0.6 is 11.6 Å². The minimum Gasteiger partial charge on any atom is -0.480 e. The number of carbonyl (C=O) groups is 2. The van der Waals surface area contributed by atoms with E-state index in [1.54, 1.807) is 12.1 Å². The largest absolute Gasteiger partial charge is 0.480 e. The van der Waals surface area contributed by atoms with Crippen LogP contribution in [0.1, 0.15) is 32.3 Å². The summed E-state index contributed by atoms with van der Waals surface area (Å²) in [6.07, 6.45) is 0.992. The molecule has 0 bridgehead atoms. The number of carboxylic acid groups (broad SMARTS) is 1. The normalized spacial score (nSPS) is 13.4. The van der Waals surface area contributed by atoms with Gasteiger partial charge in [0.15, 0.2) is 0 Å². The SMILES string of the molecule is CCCC(C)(NC(=O)Nc1ccc(C)cc1Cl)C(=O)O. The van der Waals surface area contributed by atoms with Gasteiger partial charge in [0.2, 0.25) is 0 Å². The number of hydrogen-bond acceptors (Lipinski definition) is 2. The molecule has 1 atom stereocenters. The predicted octanol–water partition coefficient (Wildman–Crippen LogP) is 3.41. The number of aliphatic carboxylic acids is 1. The number of amides is 2. The number of benzene rings is 1. The van der Waals surface area contributed by atoms with Crippen molar-refractivity contribution < 1.29 is 14.7 Å². The van der Waals surface area contributed by atoms with Crippen LogP contribution < -0.4 is 10.6 Å². The van der Waals surface area contributed by atoms with Crippen molar-refractivity contribution in [3.8, 4) is 0 Å². The first-order chi connectivity index (χ1) is 9.28. The van der Waals surface area contributed by atoms with Crippen LogP contribution in [0.2, 0.25) is 5.02 Å². The molecule has 1 rings (SSSR count). The van der Waals surface area contributed by atoms with Gasteiger partial charge < -0.3 is 15.7 Å². The second kappa shape index (κ2) is 6.61. The lowest BCUT2D eigenvalue weighted by atomic mass is 9.97. The molecule has 0 aromatic heterocycles. The van der Waals surface area contributed by atoms with Crippen molar-refractivity contribution in [1.29, 1.82) is 0 Å². The molecule has 0 aliphatic rings. The zero-order valence-electron chi connectivity index (χ0n) is 11.8. The van der Waals surface area contributed by atoms with Crippen LogP contribution in [-0.2, 0) is 4.79 Å². The highest BCUT2D eigenvalue weighted by Crippen LogP contribution is 2.23. The lowest BCUT2D eigenvalue weighted by molar-refractivity contribution is -0.143. The summed E-state index contributed by atoms with van der Waals surface area (Å²) in [4.78, 5) is 23.1. The molecule has 0 aliphatic carbocycles. The molecule has 0 spiro atoms. The highest BCUT2D eigenvalue weighted by molar-refractivity contribution is 6.33. The van der Waals surface area contributed by atoms with Crippen LogP contribution in [0.15, 0.2) is 18.2 Å². The van der Waals surface area contributed by atoms with E-state index in [4.69, 9.17) is 11.6 Å². The average Bonchev–Trinajstić information content (AvgIpc) is 2.32. The van der Waals surface area contributed by atoms with E-state index >= 15 is 0 Å². The lowest BCUT2D eigenvalue weighted by Gasteiger charge is -2.26. The Morgan fingerprint density at radius 3 is 2.55 bits per heavy atom. The molecule has 6 heteroatoms. The Morgan fingerprint density at radius 2 is 2.05 bits per heavy atom. The molecular formula is C14H19ClN2O3. The third kappa shape index (κ3) is 4.13. The quantitative estimate of drug-likeness (QED) is 0.779. The van der Waals surface area contributed by atoms with Gasteiger partial charge in [-0.2, -0.15) is 0 Å². The van der Waals surface area contributed by atoms with E-state index in [9.17, 15) is 14.7 Å². The Bertz CT molecular complexity index is 519. The molecular weight excluding hydrogens is 280 g/mol. The number of carbonyl (C=O) groups excluding carboxylic acids is 1. The minimum absolute atomic E-state index is 0.345. The second-order valence-electron chi connectivity index (χ2n) is 4.95. The number of carboxylic acids is 1. The van der Waals surface area contributed by atoms with E-state index in [1.165, 1.54) is 6.92 Å². The molecule has 3 N–H and O–H groups in total. The maximum Gasteiger partial charge on any atom is 0.329 e. The Kier molecular flexibility index (Phi) is 5.39. The van der Waals surface area contributed by atoms with Crippen molar-refractivity contribution in [2.45, 2.75) is 39.2 Å². The lowest BCUT2D eigenvalue weighted by Crippen LogP contribution is -2.53. The molecule has 1 aromatic carbocycles. The number of hydrogen-bond donors (Lipinski definition) is 3. The van der Waals surface area contributed by atoms with E-state index in [-0.39, 0.29) is 0 Å². The molecule has 0 saturated heterocycles. The molecule has 110 valence electrons. The third-order valence-electron chi connectivity index (χ3n) is 2.98. The van der Waals surface area contributed by atoms with Gasteiger partial charge in [-0.1, -0.05) is 31.0 Å². The standard InChI is InChI=1S/C14H19ClN2O3/c1-4-7-14(3,12(18)19)17-13(20)16-11-6-5-9(2)8-10(11)15/h5-6,8H,4,7H2,1-3H3,(H,18,19)(H2,16,17,20). The van der Waals surface area contributed by atoms with Crippen LogP contribution in [0.25, 0.3) is 0 Å². The second-order valence-corrected chi connectivity index (χ2v) is 5.36. The summed E-state index contributed by atoms with van der Waals surface area (Å²) < 4.78 is 0. The van der Waals surface area contributed by atoms with E-state index in [1.807, 2.05) is 19.9 Å². The van der Waals surface area contributed by atoms with Gasteiger partial charge in [0.05, 0.1) is 10.7 Å². The maximum atomic E-state index is 11.9. The summed E-state index contributed by atoms with van der Waals surface area (Å²) in [5.41, 5.74) is 0.122. The van der Waals surface area contributed by atoms with E-state index in [0.29, 0.717) is 23.6 Å². The van der Waals surface area contributed by atoms with Gasteiger partial charge in [-0.05, 0) is 38.0 Å². The van der Waals surface area contributed by atoms with Gasteiger partial charge in [0.25, 0.3) is 0 Å². The van der Waals surface area contributed by atoms with Crippen molar-refractivity contribution in [3.05, 3.63) is 28.8 Å². The van der Waals surface area contributed by atoms with Crippen LogP contribution in [-0.4, -0.2) is 22.6 Å². The number of anilines is 1. The molecule has 0 heterocycles. The van der Waals surface area contributed by atoms with E-state index < -0.39 is 17.5 Å². The fourth-order valence-electron chi connectivity index (χ4n) is 1.85. The Hall–Kier alpha value is -1.75. The van der Waals surface area contributed by atoms with Gasteiger partial charge >= 0.3 is 12.0 Å². The Morgan fingerprint density at radius 1 is 1.40 bits per heavy atom. The van der Waals surface area contributed by atoms with Gasteiger partial charge in [-0.3, -0.25) is 0 Å². The zero-order valence-corrected chi connectivity index (χ0v) is 12.5. The van der Waals surface area contributed by atoms with Crippen molar-refractivity contribution >= 4 is 29.3 Å². The number of halogens is 1. The molecule has 0 fully saturated rings. The molecule has 0 saturated carbocycles. The fourth-order valence-corrected chi connectivity index (χ4v) is 2.13. The first-order valence-corrected chi connectivity index (χ1v) is 6.75. The predicted molar refractivity (Wildman–Crippen MR) is 79.3 cm³/mol. The molecule has 1 unspecified atom stereocenters. The van der Waals surface area contributed by atoms with E-state index in [0.717, 1.165) is 5.56 Å². The van der Waals surface area contributed by atoms with Crippen molar-refractivity contribution in [2.24, 2.45) is 0 Å². The summed E-state index contributed by atoms with van der Waals surface area (Å²) in [5.74, 6) is -1.07. The summed E-state index contributed by atoms with van der Waals surface area (Å²) in [6, 6.07) is 4.62. The summed E-state index contributed by atoms with van der Waals surface area (Å²) in [6.45, 7) is 5.23. The van der Waals surface area contributed by atoms with Crippen molar-refractivity contribution in [2.75, 3.05) is 5.32 Å². The molecule has 0 radical (unpaired) electrons. The van der Waals surface area contributed by atoms with Gasteiger partial charge in [-0.15, -0.1) is 0 Å². The number of rotatable bonds is 5. The molecule has 20 heavy (non-hydrogen) atoms. The molecule has 0 aliphatic heterocycles. The Labute approximate surface area is 123 Å². The molecule has 2 amide bonds. The minimum atomic E-state index is -1.30. The van der Waals surface area contributed by atoms with Crippen LogP contribution in [0, 0.1) is 6.92 Å². The van der Waals surface area contributed by atoms with Crippen molar-refractivity contribution in [3.63, 3.8) is 0 Å². The average molecular weight is 299 g/mol. The smallest absolute Gasteiger partial charge is 0.329 e. The topological polar surface area (TPSA) is 78.4 Å². The molecule has 5 nitrogen and oxygen atoms in total. The summed E-state index contributed by atoms with van der Waals surface area (Å²) >= 11 is 6.01. The van der Waals surface area contributed by atoms with Crippen LogP contribution in [0.4, 0.5) is 10.5 Å². The number of urea groups is 1.